The summed E-state index contributed by atoms with van der Waals surface area (Å²) in [5.74, 6) is -0.633. The average Bonchev–Trinajstić information content (AvgIpc) is 3.02. The van der Waals surface area contributed by atoms with E-state index in [4.69, 9.17) is 24.7 Å². The molecule has 0 fully saturated rings. The van der Waals surface area contributed by atoms with Gasteiger partial charge >= 0.3 is 0 Å². The first kappa shape index (κ1) is 47.9. The summed E-state index contributed by atoms with van der Waals surface area (Å²) in [5, 5.41) is 11.1. The van der Waals surface area contributed by atoms with E-state index in [1.165, 1.54) is 10.8 Å². The Hall–Kier alpha value is -2.11. The van der Waals surface area contributed by atoms with Crippen molar-refractivity contribution in [3.8, 4) is 0 Å². The quantitative estimate of drug-likeness (QED) is 0.0516. The fraction of sp³-hybridized carbons (Fsp3) is 0.853. The largest absolute Gasteiger partial charge is 0.381 e. The Balaban J connectivity index is 4.65. The fourth-order valence-corrected chi connectivity index (χ4v) is 6.36. The molecule has 5 amide bonds. The van der Waals surface area contributed by atoms with E-state index in [1.807, 2.05) is 48.5 Å². The molecular formula is C34H65N5O9S2. The SMILES string of the molecule is CC(C)COCCC(=O)NCCCCC(NC(=O)CCOCCOCCNC(=O)CCOCC(C)C)C(=O)NC(CSSC(C)(C)C)C(N)=O. The molecule has 0 bridgehead atoms. The molecule has 0 heterocycles. The zero-order valence-corrected chi connectivity index (χ0v) is 33.0. The van der Waals surface area contributed by atoms with Crippen molar-refractivity contribution in [3.63, 3.8) is 0 Å². The van der Waals surface area contributed by atoms with Crippen LogP contribution in [0.3, 0.4) is 0 Å². The Kier molecular flexibility index (Phi) is 28.2. The van der Waals surface area contributed by atoms with Crippen molar-refractivity contribution in [2.24, 2.45) is 17.6 Å². The summed E-state index contributed by atoms with van der Waals surface area (Å²) >= 11 is 0. The summed E-state index contributed by atoms with van der Waals surface area (Å²) in [5.41, 5.74) is 5.58. The number of nitrogens with one attached hydrogen (secondary N) is 4. The molecule has 0 aromatic rings. The molecule has 16 heteroatoms. The first-order valence-corrected chi connectivity index (χ1v) is 20.0. The van der Waals surface area contributed by atoms with Gasteiger partial charge in [0.25, 0.3) is 0 Å². The van der Waals surface area contributed by atoms with Crippen LogP contribution in [-0.2, 0) is 42.9 Å². The molecule has 0 aromatic heterocycles. The fourth-order valence-electron chi connectivity index (χ4n) is 3.88. The number of amides is 5. The van der Waals surface area contributed by atoms with Crippen LogP contribution in [0.1, 0.15) is 87.0 Å². The number of carbonyl (C=O) groups excluding carboxylic acids is 5. The predicted molar refractivity (Wildman–Crippen MR) is 200 cm³/mol. The second-order valence-electron chi connectivity index (χ2n) is 13.7. The topological polar surface area (TPSA) is 196 Å². The van der Waals surface area contributed by atoms with Gasteiger partial charge in [0.2, 0.25) is 29.5 Å². The number of carbonyl (C=O) groups is 5. The van der Waals surface area contributed by atoms with Crippen molar-refractivity contribution in [3.05, 3.63) is 0 Å². The second-order valence-corrected chi connectivity index (χ2v) is 16.8. The van der Waals surface area contributed by atoms with Crippen LogP contribution in [0.25, 0.3) is 0 Å². The van der Waals surface area contributed by atoms with Gasteiger partial charge in [0.1, 0.15) is 12.1 Å². The maximum absolute atomic E-state index is 13.2. The molecule has 2 unspecified atom stereocenters. The van der Waals surface area contributed by atoms with Crippen LogP contribution < -0.4 is 27.0 Å². The number of hydrogen-bond acceptors (Lipinski definition) is 11. The third kappa shape index (κ3) is 30.7. The third-order valence-corrected chi connectivity index (χ3v) is 9.71. The van der Waals surface area contributed by atoms with Crippen molar-refractivity contribution in [1.82, 2.24) is 21.3 Å². The molecule has 0 aromatic carbocycles. The van der Waals surface area contributed by atoms with E-state index >= 15 is 0 Å². The summed E-state index contributed by atoms with van der Waals surface area (Å²) in [7, 11) is 3.02. The van der Waals surface area contributed by atoms with E-state index < -0.39 is 23.9 Å². The molecule has 0 aliphatic carbocycles. The lowest BCUT2D eigenvalue weighted by Gasteiger charge is -2.23. The molecule has 0 saturated carbocycles. The van der Waals surface area contributed by atoms with Crippen molar-refractivity contribution >= 4 is 51.1 Å². The van der Waals surface area contributed by atoms with Crippen LogP contribution in [0, 0.1) is 11.8 Å². The van der Waals surface area contributed by atoms with Gasteiger partial charge in [-0.1, -0.05) is 70.1 Å². The van der Waals surface area contributed by atoms with Crippen LogP contribution in [0.2, 0.25) is 0 Å². The van der Waals surface area contributed by atoms with E-state index in [-0.39, 0.29) is 54.3 Å². The van der Waals surface area contributed by atoms with Gasteiger partial charge in [-0.05, 0) is 31.1 Å². The lowest BCUT2D eigenvalue weighted by Crippen LogP contribution is -2.53. The predicted octanol–water partition coefficient (Wildman–Crippen LogP) is 2.57. The smallest absolute Gasteiger partial charge is 0.243 e. The first-order valence-electron chi connectivity index (χ1n) is 17.6. The van der Waals surface area contributed by atoms with Crippen molar-refractivity contribution in [2.45, 2.75) is 104 Å². The molecular weight excluding hydrogens is 687 g/mol. The Labute approximate surface area is 307 Å². The van der Waals surface area contributed by atoms with Gasteiger partial charge < -0.3 is 45.9 Å². The van der Waals surface area contributed by atoms with Gasteiger partial charge in [-0.3, -0.25) is 24.0 Å². The summed E-state index contributed by atoms with van der Waals surface area (Å²) in [6, 6.07) is -1.80. The van der Waals surface area contributed by atoms with Crippen LogP contribution in [0.5, 0.6) is 0 Å². The number of nitrogens with two attached hydrogens (primary N) is 1. The number of unbranched alkanes of at least 4 members (excludes halogenated alkanes) is 1. The van der Waals surface area contributed by atoms with Gasteiger partial charge in [-0.2, -0.15) is 0 Å². The van der Waals surface area contributed by atoms with E-state index in [1.54, 1.807) is 10.8 Å². The number of ether oxygens (including phenoxy) is 4. The zero-order valence-electron chi connectivity index (χ0n) is 31.4. The molecule has 14 nitrogen and oxygen atoms in total. The van der Waals surface area contributed by atoms with Gasteiger partial charge in [0.05, 0.1) is 39.6 Å². The summed E-state index contributed by atoms with van der Waals surface area (Å²) in [4.78, 5) is 62.0. The highest BCUT2D eigenvalue weighted by atomic mass is 33.1. The van der Waals surface area contributed by atoms with Crippen molar-refractivity contribution < 1.29 is 42.9 Å². The van der Waals surface area contributed by atoms with E-state index in [0.717, 1.165) is 0 Å². The normalized spacial score (nSPS) is 12.8. The van der Waals surface area contributed by atoms with Gasteiger partial charge in [0.15, 0.2) is 0 Å². The molecule has 292 valence electrons. The Bertz CT molecular complexity index is 968. The maximum Gasteiger partial charge on any atom is 0.243 e. The average molecular weight is 752 g/mol. The highest BCUT2D eigenvalue weighted by Crippen LogP contribution is 2.35. The van der Waals surface area contributed by atoms with Crippen LogP contribution in [-0.4, -0.2) is 118 Å². The lowest BCUT2D eigenvalue weighted by atomic mass is 10.1. The number of hydrogen-bond donors (Lipinski definition) is 5. The highest BCUT2D eigenvalue weighted by molar-refractivity contribution is 8.77. The van der Waals surface area contributed by atoms with Gasteiger partial charge in [0, 0.05) is 56.1 Å². The van der Waals surface area contributed by atoms with E-state index in [0.29, 0.717) is 90.2 Å². The molecule has 0 rings (SSSR count). The van der Waals surface area contributed by atoms with Crippen LogP contribution >= 0.6 is 21.6 Å². The molecule has 0 aliphatic rings. The highest BCUT2D eigenvalue weighted by Gasteiger charge is 2.26. The monoisotopic (exact) mass is 751 g/mol. The molecule has 0 saturated heterocycles. The van der Waals surface area contributed by atoms with Crippen molar-refractivity contribution in [1.29, 1.82) is 0 Å². The summed E-state index contributed by atoms with van der Waals surface area (Å²) < 4.78 is 21.8. The maximum atomic E-state index is 13.2. The summed E-state index contributed by atoms with van der Waals surface area (Å²) in [6.07, 6.45) is 2.03. The second kappa shape index (κ2) is 29.5. The van der Waals surface area contributed by atoms with Gasteiger partial charge in [-0.15, -0.1) is 0 Å². The number of rotatable bonds is 31. The van der Waals surface area contributed by atoms with E-state index in [9.17, 15) is 24.0 Å². The van der Waals surface area contributed by atoms with Crippen molar-refractivity contribution in [2.75, 3.05) is 71.7 Å². The molecule has 6 N–H and O–H groups in total. The minimum absolute atomic E-state index is 0.0188. The standard InChI is InChI=1S/C34H65N5O9S2/c1-25(2)22-47-17-11-29(40)36-14-9-8-10-27(33(44)39-28(32(35)43)24-49-50-34(5,6)7)38-31(42)13-16-45-20-21-46-19-15-37-30(41)12-18-48-23-26(3)4/h25-28H,8-24H2,1-7H3,(H2,35,43)(H,36,40)(H,37,41)(H,38,42)(H,39,44). The molecule has 0 radical (unpaired) electrons. The first-order chi connectivity index (χ1) is 23.6. The lowest BCUT2D eigenvalue weighted by molar-refractivity contribution is -0.131. The third-order valence-electron chi connectivity index (χ3n) is 6.36. The summed E-state index contributed by atoms with van der Waals surface area (Å²) in [6.45, 7) is 18.1. The Morgan fingerprint density at radius 2 is 1.16 bits per heavy atom. The molecule has 0 aliphatic heterocycles. The Morgan fingerprint density at radius 3 is 1.70 bits per heavy atom. The van der Waals surface area contributed by atoms with Crippen LogP contribution in [0.4, 0.5) is 0 Å². The molecule has 2 atom stereocenters. The molecule has 50 heavy (non-hydrogen) atoms. The minimum atomic E-state index is -0.903. The Morgan fingerprint density at radius 1 is 0.640 bits per heavy atom. The van der Waals surface area contributed by atoms with E-state index in [2.05, 4.69) is 21.3 Å². The number of primary amides is 1. The van der Waals surface area contributed by atoms with Gasteiger partial charge in [-0.25, -0.2) is 0 Å². The molecule has 0 spiro atoms. The zero-order chi connectivity index (χ0) is 37.8. The van der Waals surface area contributed by atoms with Crippen LogP contribution in [0.15, 0.2) is 0 Å². The minimum Gasteiger partial charge on any atom is -0.381 e.